The van der Waals surface area contributed by atoms with Crippen LogP contribution in [0.3, 0.4) is 0 Å². The van der Waals surface area contributed by atoms with Crippen LogP contribution in [-0.2, 0) is 13.0 Å². The molecule has 0 aliphatic carbocycles. The molecule has 1 fully saturated rings. The molecular weight excluding hydrogens is 220 g/mol. The van der Waals surface area contributed by atoms with Gasteiger partial charge in [0.15, 0.2) is 0 Å². The van der Waals surface area contributed by atoms with Gasteiger partial charge in [-0.1, -0.05) is 39.0 Å². The number of hydrogen-bond acceptors (Lipinski definition) is 2. The Hall–Kier alpha value is -0.860. The largest absolute Gasteiger partial charge is 0.314 e. The first kappa shape index (κ1) is 13.6. The highest BCUT2D eigenvalue weighted by Crippen LogP contribution is 2.22. The smallest absolute Gasteiger partial charge is 0.0237 e. The maximum Gasteiger partial charge on any atom is 0.0237 e. The molecule has 0 unspecified atom stereocenters. The molecule has 18 heavy (non-hydrogen) atoms. The van der Waals surface area contributed by atoms with Gasteiger partial charge in [-0.15, -0.1) is 0 Å². The highest BCUT2D eigenvalue weighted by Gasteiger charge is 2.13. The third-order valence-electron chi connectivity index (χ3n) is 3.84. The van der Waals surface area contributed by atoms with Crippen LogP contribution in [0.5, 0.6) is 0 Å². The second-order valence-electron chi connectivity index (χ2n) is 5.57. The molecule has 0 radical (unpaired) electrons. The second kappa shape index (κ2) is 6.35. The summed E-state index contributed by atoms with van der Waals surface area (Å²) in [6.07, 6.45) is 1.13. The van der Waals surface area contributed by atoms with E-state index in [4.69, 9.17) is 0 Å². The summed E-state index contributed by atoms with van der Waals surface area (Å²) >= 11 is 0. The van der Waals surface area contributed by atoms with Crippen molar-refractivity contribution in [2.45, 2.75) is 39.7 Å². The van der Waals surface area contributed by atoms with Crippen LogP contribution in [0.4, 0.5) is 0 Å². The summed E-state index contributed by atoms with van der Waals surface area (Å²) < 4.78 is 0. The molecule has 2 heteroatoms. The zero-order valence-corrected chi connectivity index (χ0v) is 12.0. The van der Waals surface area contributed by atoms with Gasteiger partial charge in [-0.25, -0.2) is 0 Å². The Morgan fingerprint density at radius 2 is 1.94 bits per heavy atom. The average molecular weight is 246 g/mol. The Balaban J connectivity index is 2.17. The van der Waals surface area contributed by atoms with Crippen molar-refractivity contribution in [1.29, 1.82) is 0 Å². The van der Waals surface area contributed by atoms with E-state index in [1.165, 1.54) is 29.8 Å². The van der Waals surface area contributed by atoms with Crippen LogP contribution >= 0.6 is 0 Å². The molecule has 1 aromatic rings. The monoisotopic (exact) mass is 246 g/mol. The Labute approximate surface area is 111 Å². The molecule has 0 aromatic heterocycles. The van der Waals surface area contributed by atoms with Crippen molar-refractivity contribution in [3.8, 4) is 0 Å². The van der Waals surface area contributed by atoms with Crippen LogP contribution in [0, 0.1) is 0 Å². The van der Waals surface area contributed by atoms with Crippen LogP contribution < -0.4 is 5.32 Å². The second-order valence-corrected chi connectivity index (χ2v) is 5.57. The van der Waals surface area contributed by atoms with Crippen LogP contribution in [-0.4, -0.2) is 31.1 Å². The topological polar surface area (TPSA) is 15.3 Å². The van der Waals surface area contributed by atoms with Crippen molar-refractivity contribution >= 4 is 0 Å². The maximum atomic E-state index is 3.42. The number of rotatable bonds is 4. The number of piperazine rings is 1. The summed E-state index contributed by atoms with van der Waals surface area (Å²) in [5, 5.41) is 3.42. The predicted octanol–water partition coefficient (Wildman–Crippen LogP) is 2.78. The summed E-state index contributed by atoms with van der Waals surface area (Å²) in [4.78, 5) is 2.57. The molecule has 0 spiro atoms. The molecule has 0 atom stereocenters. The van der Waals surface area contributed by atoms with Gasteiger partial charge in [0.05, 0.1) is 0 Å². The van der Waals surface area contributed by atoms with Crippen molar-refractivity contribution in [1.82, 2.24) is 10.2 Å². The molecule has 0 amide bonds. The highest BCUT2D eigenvalue weighted by molar-refractivity contribution is 5.34. The Morgan fingerprint density at radius 1 is 1.22 bits per heavy atom. The van der Waals surface area contributed by atoms with E-state index in [-0.39, 0.29) is 0 Å². The zero-order chi connectivity index (χ0) is 13.0. The minimum Gasteiger partial charge on any atom is -0.314 e. The first-order valence-corrected chi connectivity index (χ1v) is 7.25. The summed E-state index contributed by atoms with van der Waals surface area (Å²) in [7, 11) is 0. The fraction of sp³-hybridized carbons (Fsp3) is 0.625. The summed E-state index contributed by atoms with van der Waals surface area (Å²) in [5.41, 5.74) is 4.52. The van der Waals surface area contributed by atoms with Crippen LogP contribution in [0.2, 0.25) is 0 Å². The van der Waals surface area contributed by atoms with E-state index >= 15 is 0 Å². The molecule has 0 bridgehead atoms. The third-order valence-corrected chi connectivity index (χ3v) is 3.84. The van der Waals surface area contributed by atoms with Gasteiger partial charge in [0.25, 0.3) is 0 Å². The Kier molecular flexibility index (Phi) is 4.79. The van der Waals surface area contributed by atoms with E-state index in [1.54, 1.807) is 0 Å². The number of hydrogen-bond donors (Lipinski definition) is 1. The molecule has 1 aliphatic heterocycles. The molecule has 0 saturated carbocycles. The van der Waals surface area contributed by atoms with E-state index in [0.717, 1.165) is 26.1 Å². The van der Waals surface area contributed by atoms with Crippen molar-refractivity contribution in [3.63, 3.8) is 0 Å². The van der Waals surface area contributed by atoms with Crippen LogP contribution in [0.15, 0.2) is 18.2 Å². The van der Waals surface area contributed by atoms with Crippen molar-refractivity contribution in [3.05, 3.63) is 34.9 Å². The van der Waals surface area contributed by atoms with Gasteiger partial charge in [-0.3, -0.25) is 4.90 Å². The van der Waals surface area contributed by atoms with Crippen molar-refractivity contribution in [2.75, 3.05) is 26.2 Å². The quantitative estimate of drug-likeness (QED) is 0.879. The van der Waals surface area contributed by atoms with Gasteiger partial charge in [0.1, 0.15) is 0 Å². The van der Waals surface area contributed by atoms with Crippen LogP contribution in [0.25, 0.3) is 0 Å². The third kappa shape index (κ3) is 3.33. The molecule has 100 valence electrons. The number of benzene rings is 1. The van der Waals surface area contributed by atoms with E-state index in [2.05, 4.69) is 49.2 Å². The molecule has 1 saturated heterocycles. The summed E-state index contributed by atoms with van der Waals surface area (Å²) in [6, 6.07) is 7.04. The van der Waals surface area contributed by atoms with Gasteiger partial charge in [0.2, 0.25) is 0 Å². The standard InChI is InChI=1S/C16H26N2/c1-4-14-5-6-16(13(2)3)15(11-14)12-18-9-7-17-8-10-18/h5-6,11,13,17H,4,7-10,12H2,1-3H3. The first-order valence-electron chi connectivity index (χ1n) is 7.25. The van der Waals surface area contributed by atoms with E-state index in [1.807, 2.05) is 0 Å². The lowest BCUT2D eigenvalue weighted by molar-refractivity contribution is 0.232. The lowest BCUT2D eigenvalue weighted by Crippen LogP contribution is -2.43. The van der Waals surface area contributed by atoms with E-state index < -0.39 is 0 Å². The molecule has 1 aromatic carbocycles. The minimum atomic E-state index is 0.619. The normalized spacial score (nSPS) is 17.3. The van der Waals surface area contributed by atoms with Gasteiger partial charge in [0, 0.05) is 32.7 Å². The number of nitrogens with one attached hydrogen (secondary N) is 1. The first-order chi connectivity index (χ1) is 8.70. The van der Waals surface area contributed by atoms with Gasteiger partial charge in [-0.05, 0) is 29.0 Å². The molecule has 2 rings (SSSR count). The summed E-state index contributed by atoms with van der Waals surface area (Å²) in [5.74, 6) is 0.619. The van der Waals surface area contributed by atoms with Gasteiger partial charge >= 0.3 is 0 Å². The Bertz CT molecular complexity index is 379. The number of nitrogens with zero attached hydrogens (tertiary/aromatic N) is 1. The number of aryl methyl sites for hydroxylation is 1. The van der Waals surface area contributed by atoms with E-state index in [9.17, 15) is 0 Å². The van der Waals surface area contributed by atoms with E-state index in [0.29, 0.717) is 5.92 Å². The highest BCUT2D eigenvalue weighted by atomic mass is 15.2. The molecular formula is C16H26N2. The van der Waals surface area contributed by atoms with Crippen molar-refractivity contribution in [2.24, 2.45) is 0 Å². The zero-order valence-electron chi connectivity index (χ0n) is 12.0. The SMILES string of the molecule is CCc1ccc(C(C)C)c(CN2CCNCC2)c1. The van der Waals surface area contributed by atoms with Crippen molar-refractivity contribution < 1.29 is 0 Å². The van der Waals surface area contributed by atoms with Gasteiger partial charge < -0.3 is 5.32 Å². The fourth-order valence-corrected chi connectivity index (χ4v) is 2.69. The maximum absolute atomic E-state index is 3.42. The lowest BCUT2D eigenvalue weighted by Gasteiger charge is -2.28. The molecule has 1 N–H and O–H groups in total. The predicted molar refractivity (Wildman–Crippen MR) is 78.1 cm³/mol. The van der Waals surface area contributed by atoms with Gasteiger partial charge in [-0.2, -0.15) is 0 Å². The molecule has 1 heterocycles. The summed E-state index contributed by atoms with van der Waals surface area (Å²) in [6.45, 7) is 12.5. The molecule has 1 aliphatic rings. The van der Waals surface area contributed by atoms with Crippen LogP contribution in [0.1, 0.15) is 43.4 Å². The average Bonchev–Trinajstić information content (AvgIpc) is 2.39. The lowest BCUT2D eigenvalue weighted by atomic mass is 9.94. The minimum absolute atomic E-state index is 0.619. The fourth-order valence-electron chi connectivity index (χ4n) is 2.69. The molecule has 2 nitrogen and oxygen atoms in total. The Morgan fingerprint density at radius 3 is 2.56 bits per heavy atom.